The van der Waals surface area contributed by atoms with E-state index >= 15 is 0 Å². The summed E-state index contributed by atoms with van der Waals surface area (Å²) in [5.41, 5.74) is 2.59. The molecule has 19 heavy (non-hydrogen) atoms. The van der Waals surface area contributed by atoms with Crippen molar-refractivity contribution < 1.29 is 8.42 Å². The van der Waals surface area contributed by atoms with E-state index in [1.54, 1.807) is 31.2 Å². The lowest BCUT2D eigenvalue weighted by Gasteiger charge is -2.02. The minimum atomic E-state index is -3.63. The van der Waals surface area contributed by atoms with Gasteiger partial charge in [0, 0.05) is 6.21 Å². The van der Waals surface area contributed by atoms with Crippen LogP contribution in [0.5, 0.6) is 0 Å². The van der Waals surface area contributed by atoms with E-state index in [-0.39, 0.29) is 4.90 Å². The van der Waals surface area contributed by atoms with Crippen LogP contribution in [0.15, 0.2) is 57.8 Å². The van der Waals surface area contributed by atoms with E-state index in [0.717, 1.165) is 11.1 Å². The molecule has 0 N–H and O–H groups in total. The molecule has 2 aromatic rings. The molecule has 0 aliphatic rings. The lowest BCUT2D eigenvalue weighted by Crippen LogP contribution is -2.00. The Hall–Kier alpha value is -1.94. The highest BCUT2D eigenvalue weighted by molar-refractivity contribution is 7.90. The van der Waals surface area contributed by atoms with Gasteiger partial charge in [-0.05, 0) is 31.0 Å². The Morgan fingerprint density at radius 1 is 0.947 bits per heavy atom. The molecule has 0 spiro atoms. The summed E-state index contributed by atoms with van der Waals surface area (Å²) in [7, 11) is -3.63. The van der Waals surface area contributed by atoms with Crippen LogP contribution >= 0.6 is 0 Å². The summed E-state index contributed by atoms with van der Waals surface area (Å²) in [5, 5.41) is 0. The molecule has 0 unspecified atom stereocenters. The molecule has 0 fully saturated rings. The number of hydrogen-bond donors (Lipinski definition) is 0. The normalized spacial score (nSPS) is 11.9. The molecular weight excluding hydrogens is 258 g/mol. The van der Waals surface area contributed by atoms with Crippen LogP contribution in [0.1, 0.15) is 16.7 Å². The van der Waals surface area contributed by atoms with Gasteiger partial charge in [-0.25, -0.2) is 0 Å². The van der Waals surface area contributed by atoms with Crippen molar-refractivity contribution >= 4 is 16.2 Å². The molecule has 0 saturated heterocycles. The monoisotopic (exact) mass is 273 g/mol. The summed E-state index contributed by atoms with van der Waals surface area (Å²) in [6.45, 7) is 3.74. The van der Waals surface area contributed by atoms with Crippen molar-refractivity contribution in [1.82, 2.24) is 0 Å². The van der Waals surface area contributed by atoms with Crippen LogP contribution < -0.4 is 0 Å². The molecule has 0 aliphatic heterocycles. The molecule has 98 valence electrons. The van der Waals surface area contributed by atoms with Gasteiger partial charge in [-0.2, -0.15) is 12.8 Å². The minimum absolute atomic E-state index is 0.248. The van der Waals surface area contributed by atoms with Crippen molar-refractivity contribution in [1.29, 1.82) is 0 Å². The molecule has 4 heteroatoms. The van der Waals surface area contributed by atoms with Gasteiger partial charge in [0.05, 0.1) is 4.90 Å². The van der Waals surface area contributed by atoms with Gasteiger partial charge < -0.3 is 0 Å². The van der Waals surface area contributed by atoms with Crippen molar-refractivity contribution in [3.63, 3.8) is 0 Å². The summed E-state index contributed by atoms with van der Waals surface area (Å²) in [5.74, 6) is 0. The van der Waals surface area contributed by atoms with Crippen LogP contribution in [0.3, 0.4) is 0 Å². The average Bonchev–Trinajstić information content (AvgIpc) is 2.38. The van der Waals surface area contributed by atoms with Crippen molar-refractivity contribution in [2.45, 2.75) is 18.7 Å². The molecule has 0 aliphatic carbocycles. The Bertz CT molecular complexity index is 701. The number of aryl methyl sites for hydroxylation is 2. The first-order valence-electron chi connectivity index (χ1n) is 5.92. The predicted octanol–water partition coefficient (Wildman–Crippen LogP) is 3.11. The zero-order chi connectivity index (χ0) is 13.9. The number of nitrogens with zero attached hydrogens (tertiary/aromatic N) is 1. The Morgan fingerprint density at radius 2 is 1.58 bits per heavy atom. The number of sulfonamides is 1. The molecule has 0 bridgehead atoms. The third-order valence-electron chi connectivity index (χ3n) is 2.79. The minimum Gasteiger partial charge on any atom is -0.199 e. The van der Waals surface area contributed by atoms with Gasteiger partial charge in [-0.3, -0.25) is 0 Å². The van der Waals surface area contributed by atoms with Gasteiger partial charge in [-0.15, -0.1) is 0 Å². The number of hydrogen-bond acceptors (Lipinski definition) is 2. The fourth-order valence-electron chi connectivity index (χ4n) is 1.69. The summed E-state index contributed by atoms with van der Waals surface area (Å²) in [6, 6.07) is 14.3. The first-order valence-corrected chi connectivity index (χ1v) is 7.36. The van der Waals surface area contributed by atoms with E-state index in [9.17, 15) is 8.42 Å². The highest BCUT2D eigenvalue weighted by Gasteiger charge is 2.13. The average molecular weight is 273 g/mol. The Kier molecular flexibility index (Phi) is 3.81. The second-order valence-corrected chi connectivity index (χ2v) is 5.99. The Balaban J connectivity index is 2.32. The van der Waals surface area contributed by atoms with Crippen LogP contribution in [0.25, 0.3) is 0 Å². The molecule has 3 nitrogen and oxygen atoms in total. The van der Waals surface area contributed by atoms with Crippen LogP contribution in [-0.2, 0) is 10.0 Å². The van der Waals surface area contributed by atoms with E-state index < -0.39 is 10.0 Å². The van der Waals surface area contributed by atoms with Crippen molar-refractivity contribution in [3.8, 4) is 0 Å². The second kappa shape index (κ2) is 5.36. The summed E-state index contributed by atoms with van der Waals surface area (Å²) in [4.78, 5) is 0.248. The van der Waals surface area contributed by atoms with Gasteiger partial charge in [-0.1, -0.05) is 48.0 Å². The van der Waals surface area contributed by atoms with Crippen LogP contribution in [0.4, 0.5) is 0 Å². The van der Waals surface area contributed by atoms with E-state index in [4.69, 9.17) is 0 Å². The smallest absolute Gasteiger partial charge is 0.199 e. The first-order chi connectivity index (χ1) is 8.99. The maximum absolute atomic E-state index is 12.1. The molecule has 0 atom stereocenters. The Labute approximate surface area is 113 Å². The number of benzene rings is 2. The van der Waals surface area contributed by atoms with Crippen molar-refractivity contribution in [3.05, 3.63) is 65.2 Å². The predicted molar refractivity (Wildman–Crippen MR) is 77.1 cm³/mol. The highest BCUT2D eigenvalue weighted by Crippen LogP contribution is 2.16. The van der Waals surface area contributed by atoms with Gasteiger partial charge in [0.1, 0.15) is 0 Å². The highest BCUT2D eigenvalue weighted by atomic mass is 32.2. The maximum atomic E-state index is 12.1. The van der Waals surface area contributed by atoms with Crippen molar-refractivity contribution in [2.24, 2.45) is 4.40 Å². The molecular formula is C15H15NO2S. The van der Waals surface area contributed by atoms with Gasteiger partial charge in [0.2, 0.25) is 0 Å². The Morgan fingerprint density at radius 3 is 2.21 bits per heavy atom. The first kappa shape index (κ1) is 13.5. The van der Waals surface area contributed by atoms with E-state index in [1.807, 2.05) is 31.2 Å². The molecule has 0 amide bonds. The SMILES string of the molecule is Cc1ccc(/C=N/S(=O)(=O)c2ccccc2C)cc1. The molecule has 0 saturated carbocycles. The van der Waals surface area contributed by atoms with Gasteiger partial charge in [0.15, 0.2) is 0 Å². The summed E-state index contributed by atoms with van der Waals surface area (Å²) >= 11 is 0. The van der Waals surface area contributed by atoms with Crippen molar-refractivity contribution in [2.75, 3.05) is 0 Å². The molecule has 0 heterocycles. The molecule has 0 radical (unpaired) electrons. The van der Waals surface area contributed by atoms with E-state index in [1.165, 1.54) is 6.21 Å². The third kappa shape index (κ3) is 3.29. The summed E-state index contributed by atoms with van der Waals surface area (Å²) < 4.78 is 27.9. The molecule has 2 rings (SSSR count). The standard InChI is InChI=1S/C15H15NO2S/c1-12-7-9-14(10-8-12)11-16-19(17,18)15-6-4-3-5-13(15)2/h3-11H,1-2H3/b16-11+. The third-order valence-corrected chi connectivity index (χ3v) is 4.19. The largest absolute Gasteiger partial charge is 0.282 e. The zero-order valence-corrected chi connectivity index (χ0v) is 11.7. The maximum Gasteiger partial charge on any atom is 0.282 e. The van der Waals surface area contributed by atoms with Gasteiger partial charge >= 0.3 is 0 Å². The topological polar surface area (TPSA) is 46.5 Å². The van der Waals surface area contributed by atoms with Crippen LogP contribution in [0.2, 0.25) is 0 Å². The zero-order valence-electron chi connectivity index (χ0n) is 10.9. The fraction of sp³-hybridized carbons (Fsp3) is 0.133. The van der Waals surface area contributed by atoms with Crippen LogP contribution in [-0.4, -0.2) is 14.6 Å². The number of rotatable bonds is 3. The summed E-state index contributed by atoms with van der Waals surface area (Å²) in [6.07, 6.45) is 1.38. The lowest BCUT2D eigenvalue weighted by molar-refractivity contribution is 0.597. The van der Waals surface area contributed by atoms with Crippen LogP contribution in [0, 0.1) is 13.8 Å². The van der Waals surface area contributed by atoms with Gasteiger partial charge in [0.25, 0.3) is 10.0 Å². The van der Waals surface area contributed by atoms with E-state index in [0.29, 0.717) is 5.56 Å². The lowest BCUT2D eigenvalue weighted by atomic mass is 10.2. The van der Waals surface area contributed by atoms with E-state index in [2.05, 4.69) is 4.40 Å². The molecule has 0 aromatic heterocycles. The fourth-order valence-corrected chi connectivity index (χ4v) is 2.78. The molecule has 2 aromatic carbocycles. The quantitative estimate of drug-likeness (QED) is 0.807. The second-order valence-electron chi connectivity index (χ2n) is 4.39.